The fraction of sp³-hybridized carbons (Fsp3) is 0.517. The van der Waals surface area contributed by atoms with Crippen molar-refractivity contribution in [1.82, 2.24) is 4.31 Å². The lowest BCUT2D eigenvalue weighted by Crippen LogP contribution is -2.35. The summed E-state index contributed by atoms with van der Waals surface area (Å²) < 4.78 is 46.6. The van der Waals surface area contributed by atoms with Crippen LogP contribution in [0.15, 0.2) is 52.3 Å². The van der Waals surface area contributed by atoms with Gasteiger partial charge in [0, 0.05) is 39.2 Å². The molecule has 0 aliphatic heterocycles. The van der Waals surface area contributed by atoms with Crippen molar-refractivity contribution in [3.8, 4) is 5.75 Å². The molecule has 0 bridgehead atoms. The maximum Gasteiger partial charge on any atom is 0.240 e. The molecule has 6 nitrogen and oxygen atoms in total. The summed E-state index contributed by atoms with van der Waals surface area (Å²) in [6, 6.07) is 15.7. The van der Waals surface area contributed by atoms with Crippen LogP contribution in [0.1, 0.15) is 29.2 Å². The van der Waals surface area contributed by atoms with E-state index in [1.807, 2.05) is 30.3 Å². The van der Waals surface area contributed by atoms with Crippen molar-refractivity contribution in [2.75, 3.05) is 26.7 Å². The molecule has 0 amide bonds. The summed E-state index contributed by atoms with van der Waals surface area (Å²) >= 11 is 3.63. The molecule has 0 heterocycles. The smallest absolute Gasteiger partial charge is 0.240 e. The van der Waals surface area contributed by atoms with Crippen molar-refractivity contribution in [1.29, 1.82) is 0 Å². The molecular weight excluding hydrogens is 610 g/mol. The lowest BCUT2D eigenvalue weighted by atomic mass is 10.1. The van der Waals surface area contributed by atoms with Crippen molar-refractivity contribution in [2.24, 2.45) is 0 Å². The summed E-state index contributed by atoms with van der Waals surface area (Å²) in [7, 11) is -6.27. The van der Waals surface area contributed by atoms with Gasteiger partial charge in [-0.05, 0) is 65.9 Å². The van der Waals surface area contributed by atoms with E-state index in [0.717, 1.165) is 40.7 Å². The number of ether oxygens (including phenoxy) is 3. The monoisotopic (exact) mass is 653 g/mol. The average Bonchev–Trinajstić information content (AvgIpc) is 3.25. The number of hydrogen-bond acceptors (Lipinski definition) is 5. The van der Waals surface area contributed by atoms with Crippen LogP contribution in [0.25, 0.3) is 6.08 Å². The Hall–Kier alpha value is -1.28. The van der Waals surface area contributed by atoms with Crippen molar-refractivity contribution in [3.63, 3.8) is 0 Å². The zero-order chi connectivity index (χ0) is 28.7. The Morgan fingerprint density at radius 1 is 0.923 bits per heavy atom. The Morgan fingerprint density at radius 2 is 1.51 bits per heavy atom. The second-order valence-corrected chi connectivity index (χ2v) is 26.4. The van der Waals surface area contributed by atoms with Crippen LogP contribution in [0.5, 0.6) is 5.75 Å². The number of fused-ring (bicyclic) bond motifs is 1. The Labute approximate surface area is 245 Å². The lowest BCUT2D eigenvalue weighted by Gasteiger charge is -2.23. The second-order valence-electron chi connectivity index (χ2n) is 12.5. The van der Waals surface area contributed by atoms with Crippen molar-refractivity contribution in [2.45, 2.75) is 70.3 Å². The highest BCUT2D eigenvalue weighted by molar-refractivity contribution is 9.10. The van der Waals surface area contributed by atoms with E-state index in [4.69, 9.17) is 14.2 Å². The molecule has 216 valence electrons. The molecule has 3 rings (SSSR count). The largest absolute Gasteiger partial charge is 0.486 e. The van der Waals surface area contributed by atoms with E-state index in [0.29, 0.717) is 13.2 Å². The summed E-state index contributed by atoms with van der Waals surface area (Å²) in [6.45, 7) is 14.7. The molecule has 10 heteroatoms. The van der Waals surface area contributed by atoms with E-state index in [2.05, 4.69) is 67.3 Å². The third-order valence-corrected chi connectivity index (χ3v) is 12.1. The van der Waals surface area contributed by atoms with Crippen LogP contribution in [0.2, 0.25) is 51.4 Å². The SMILES string of the molecule is C[Si](C)(C)CCOCN(COCC[Si](C)(C)C)S(=O)(=O)/C=C/c1ccc(OC2CCc3c(Br)cccc32)cc1. The van der Waals surface area contributed by atoms with Gasteiger partial charge in [0.15, 0.2) is 0 Å². The van der Waals surface area contributed by atoms with Crippen LogP contribution in [-0.2, 0) is 25.9 Å². The molecule has 0 fully saturated rings. The van der Waals surface area contributed by atoms with Crippen molar-refractivity contribution < 1.29 is 22.6 Å². The highest BCUT2D eigenvalue weighted by Crippen LogP contribution is 2.38. The third-order valence-electron chi connectivity index (χ3n) is 6.57. The van der Waals surface area contributed by atoms with Gasteiger partial charge in [-0.1, -0.05) is 79.5 Å². The van der Waals surface area contributed by atoms with Crippen LogP contribution < -0.4 is 4.74 Å². The Morgan fingerprint density at radius 3 is 2.08 bits per heavy atom. The van der Waals surface area contributed by atoms with Gasteiger partial charge < -0.3 is 14.2 Å². The van der Waals surface area contributed by atoms with Crippen LogP contribution in [0.3, 0.4) is 0 Å². The van der Waals surface area contributed by atoms with E-state index in [1.54, 1.807) is 6.08 Å². The maximum atomic E-state index is 13.2. The minimum Gasteiger partial charge on any atom is -0.486 e. The lowest BCUT2D eigenvalue weighted by molar-refractivity contribution is 0.00888. The Balaban J connectivity index is 1.61. The molecule has 2 aromatic rings. The predicted molar refractivity (Wildman–Crippen MR) is 170 cm³/mol. The van der Waals surface area contributed by atoms with Crippen molar-refractivity contribution in [3.05, 3.63) is 69.0 Å². The van der Waals surface area contributed by atoms with Crippen LogP contribution in [-0.4, -0.2) is 55.5 Å². The van der Waals surface area contributed by atoms with Crippen LogP contribution >= 0.6 is 15.9 Å². The fourth-order valence-corrected chi connectivity index (χ4v) is 7.08. The van der Waals surface area contributed by atoms with E-state index in [-0.39, 0.29) is 19.6 Å². The standard InChI is InChI=1S/C29H44BrNO5SSi2/c1-38(2,3)20-17-34-22-31(23-35-18-21-39(4,5)6)37(32,33)19-16-24-10-12-25(13-11-24)36-29-15-14-26-27(29)8-7-9-28(26)30/h7-13,16,19,29H,14-15,17-18,20-23H2,1-6H3/b19-16+. The first-order valence-corrected chi connectivity index (χ1v) is 23.3. The van der Waals surface area contributed by atoms with Gasteiger partial charge in [-0.3, -0.25) is 0 Å². The quantitative estimate of drug-likeness (QED) is 0.112. The first-order chi connectivity index (χ1) is 18.2. The van der Waals surface area contributed by atoms with Gasteiger partial charge in [-0.15, -0.1) is 4.31 Å². The second kappa shape index (κ2) is 14.1. The molecular formula is C29H44BrNO5SSi2. The molecule has 0 aromatic heterocycles. The van der Waals surface area contributed by atoms with Gasteiger partial charge in [-0.25, -0.2) is 8.42 Å². The molecule has 0 spiro atoms. The van der Waals surface area contributed by atoms with Gasteiger partial charge in [-0.2, -0.15) is 0 Å². The van der Waals surface area contributed by atoms with Gasteiger partial charge in [0.1, 0.15) is 25.3 Å². The van der Waals surface area contributed by atoms with Crippen molar-refractivity contribution >= 4 is 48.2 Å². The number of benzene rings is 2. The van der Waals surface area contributed by atoms with Crippen LogP contribution in [0.4, 0.5) is 0 Å². The van der Waals surface area contributed by atoms with E-state index in [1.165, 1.54) is 20.8 Å². The first-order valence-electron chi connectivity index (χ1n) is 13.6. The molecule has 0 radical (unpaired) electrons. The van der Waals surface area contributed by atoms with E-state index in [9.17, 15) is 8.42 Å². The average molecular weight is 655 g/mol. The minimum absolute atomic E-state index is 0.0180. The topological polar surface area (TPSA) is 65.1 Å². The fourth-order valence-electron chi connectivity index (χ4n) is 4.04. The molecule has 0 N–H and O–H groups in total. The molecule has 0 saturated heterocycles. The summed E-state index contributed by atoms with van der Waals surface area (Å²) in [6.07, 6.45) is 3.56. The zero-order valence-corrected chi connectivity index (χ0v) is 28.6. The number of nitrogens with zero attached hydrogens (tertiary/aromatic N) is 1. The highest BCUT2D eigenvalue weighted by Gasteiger charge is 2.26. The van der Waals surface area contributed by atoms with E-state index >= 15 is 0 Å². The summed E-state index contributed by atoms with van der Waals surface area (Å²) in [5, 5.41) is 1.23. The van der Waals surface area contributed by atoms with Gasteiger partial charge in [0.25, 0.3) is 0 Å². The molecule has 1 unspecified atom stereocenters. The number of rotatable bonds is 15. The number of halogens is 1. The van der Waals surface area contributed by atoms with E-state index < -0.39 is 26.2 Å². The predicted octanol–water partition coefficient (Wildman–Crippen LogP) is 7.74. The zero-order valence-electron chi connectivity index (χ0n) is 24.2. The molecule has 1 atom stereocenters. The van der Waals surface area contributed by atoms with Gasteiger partial charge in [0.05, 0.1) is 0 Å². The first kappa shape index (κ1) is 32.2. The number of sulfonamides is 1. The maximum absolute atomic E-state index is 13.2. The van der Waals surface area contributed by atoms with Gasteiger partial charge >= 0.3 is 0 Å². The molecule has 0 saturated carbocycles. The highest BCUT2D eigenvalue weighted by atomic mass is 79.9. The summed E-state index contributed by atoms with van der Waals surface area (Å²) in [5.74, 6) is 0.765. The summed E-state index contributed by atoms with van der Waals surface area (Å²) in [5.41, 5.74) is 3.31. The molecule has 1 aliphatic carbocycles. The normalized spacial score (nSPS) is 16.3. The minimum atomic E-state index is -3.73. The van der Waals surface area contributed by atoms with Gasteiger partial charge in [0.2, 0.25) is 10.0 Å². The molecule has 39 heavy (non-hydrogen) atoms. The van der Waals surface area contributed by atoms with Crippen LogP contribution in [0, 0.1) is 0 Å². The summed E-state index contributed by atoms with van der Waals surface area (Å²) in [4.78, 5) is 0. The Kier molecular flexibility index (Phi) is 11.6. The number of hydrogen-bond donors (Lipinski definition) is 0. The molecule has 1 aliphatic rings. The Bertz CT molecular complexity index is 1190. The third kappa shape index (κ3) is 10.9. The molecule has 2 aromatic carbocycles.